The highest BCUT2D eigenvalue weighted by Gasteiger charge is 2.33. The van der Waals surface area contributed by atoms with Crippen LogP contribution in [0.2, 0.25) is 5.15 Å². The second-order valence-corrected chi connectivity index (χ2v) is 3.68. The number of ketones is 1. The number of aromatic nitrogens is 1. The molecule has 9 heteroatoms. The zero-order chi connectivity index (χ0) is 14.8. The molecule has 0 spiro atoms. The van der Waals surface area contributed by atoms with E-state index in [0.717, 1.165) is 6.07 Å². The van der Waals surface area contributed by atoms with E-state index in [1.165, 1.54) is 0 Å². The van der Waals surface area contributed by atoms with Crippen LogP contribution in [0.25, 0.3) is 5.76 Å². The highest BCUT2D eigenvalue weighted by atomic mass is 35.5. The quantitative estimate of drug-likeness (QED) is 0.402. The maximum absolute atomic E-state index is 12.4. The highest BCUT2D eigenvalue weighted by molar-refractivity contribution is 6.29. The summed E-state index contributed by atoms with van der Waals surface area (Å²) in [5.41, 5.74) is -1.96. The van der Waals surface area contributed by atoms with Crippen LogP contribution >= 0.6 is 11.6 Å². The van der Waals surface area contributed by atoms with Gasteiger partial charge >= 0.3 is 6.18 Å². The Morgan fingerprint density at radius 1 is 1.37 bits per heavy atom. The van der Waals surface area contributed by atoms with Gasteiger partial charge in [-0.1, -0.05) is 11.6 Å². The number of pyridine rings is 1. The molecule has 0 saturated carbocycles. The first kappa shape index (κ1) is 15.4. The van der Waals surface area contributed by atoms with Gasteiger partial charge in [-0.15, -0.1) is 0 Å². The van der Waals surface area contributed by atoms with E-state index in [0.29, 0.717) is 6.07 Å². The molecular formula is C10H5ClF5NO2. The molecule has 1 heterocycles. The summed E-state index contributed by atoms with van der Waals surface area (Å²) >= 11 is 5.32. The first-order valence-electron chi connectivity index (χ1n) is 4.59. The number of hydrogen-bond acceptors (Lipinski definition) is 3. The first-order valence-corrected chi connectivity index (χ1v) is 4.97. The van der Waals surface area contributed by atoms with Crippen LogP contribution in [0.3, 0.4) is 0 Å². The number of aliphatic hydroxyl groups excluding tert-OH is 1. The van der Waals surface area contributed by atoms with Gasteiger partial charge in [-0.2, -0.15) is 13.2 Å². The average molecular weight is 302 g/mol. The number of allylic oxidation sites excluding steroid dienone is 1. The average Bonchev–Trinajstić information content (AvgIpc) is 2.26. The molecule has 0 fully saturated rings. The maximum atomic E-state index is 12.4. The number of hydrogen-bond donors (Lipinski definition) is 1. The Morgan fingerprint density at radius 2 is 1.95 bits per heavy atom. The number of aliphatic hydroxyl groups is 1. The number of rotatable bonds is 3. The molecule has 19 heavy (non-hydrogen) atoms. The van der Waals surface area contributed by atoms with Crippen molar-refractivity contribution in [1.29, 1.82) is 0 Å². The predicted molar refractivity (Wildman–Crippen MR) is 55.9 cm³/mol. The van der Waals surface area contributed by atoms with E-state index in [4.69, 9.17) is 11.6 Å². The number of halogens is 6. The van der Waals surface area contributed by atoms with Crippen LogP contribution < -0.4 is 0 Å². The van der Waals surface area contributed by atoms with Crippen molar-refractivity contribution in [2.24, 2.45) is 0 Å². The third-order valence-corrected chi connectivity index (χ3v) is 2.07. The Balaban J connectivity index is 3.21. The van der Waals surface area contributed by atoms with Gasteiger partial charge in [0.1, 0.15) is 16.6 Å². The number of nitrogens with zero attached hydrogens (tertiary/aromatic N) is 1. The third kappa shape index (κ3) is 4.16. The van der Waals surface area contributed by atoms with E-state index in [9.17, 15) is 31.9 Å². The normalized spacial score (nSPS) is 12.9. The van der Waals surface area contributed by atoms with Crippen molar-refractivity contribution in [3.05, 3.63) is 34.6 Å². The van der Waals surface area contributed by atoms with Gasteiger partial charge in [-0.25, -0.2) is 13.8 Å². The summed E-state index contributed by atoms with van der Waals surface area (Å²) in [7, 11) is 0. The summed E-state index contributed by atoms with van der Waals surface area (Å²) in [5.74, 6) is -2.79. The van der Waals surface area contributed by atoms with Gasteiger partial charge in [0.05, 0.1) is 0 Å². The fraction of sp³-hybridized carbons (Fsp3) is 0.200. The minimum Gasteiger partial charge on any atom is -0.507 e. The van der Waals surface area contributed by atoms with Crippen LogP contribution in [-0.2, 0) is 11.0 Å². The standard InChI is InChI=1S/C10H5ClF5NO2/c11-8-2-4(1-7(17-8)10(14,15)16)5(18)3-6(19)9(12)13/h1-3,9,18H/b5-3-. The molecule has 0 aliphatic carbocycles. The van der Waals surface area contributed by atoms with Crippen LogP contribution in [0, 0.1) is 0 Å². The van der Waals surface area contributed by atoms with Crippen molar-refractivity contribution in [2.45, 2.75) is 12.6 Å². The summed E-state index contributed by atoms with van der Waals surface area (Å²) < 4.78 is 61.0. The predicted octanol–water partition coefficient (Wildman–Crippen LogP) is 3.49. The molecule has 0 aliphatic rings. The van der Waals surface area contributed by atoms with Crippen LogP contribution in [0.15, 0.2) is 18.2 Å². The van der Waals surface area contributed by atoms with Crippen molar-refractivity contribution in [2.75, 3.05) is 0 Å². The molecule has 0 atom stereocenters. The number of carbonyl (C=O) groups excluding carboxylic acids is 1. The van der Waals surface area contributed by atoms with E-state index in [1.54, 1.807) is 0 Å². The molecular weight excluding hydrogens is 297 g/mol. The van der Waals surface area contributed by atoms with Gasteiger partial charge in [-0.3, -0.25) is 4.79 Å². The number of alkyl halides is 5. The largest absolute Gasteiger partial charge is 0.507 e. The lowest BCUT2D eigenvalue weighted by molar-refractivity contribution is -0.141. The summed E-state index contributed by atoms with van der Waals surface area (Å²) in [6.45, 7) is 0. The van der Waals surface area contributed by atoms with Crippen molar-refractivity contribution in [3.8, 4) is 0 Å². The second-order valence-electron chi connectivity index (χ2n) is 3.29. The van der Waals surface area contributed by atoms with Crippen molar-refractivity contribution in [1.82, 2.24) is 4.98 Å². The van der Waals surface area contributed by atoms with Gasteiger partial charge in [0.25, 0.3) is 6.43 Å². The Kier molecular flexibility index (Phi) is 4.46. The first-order chi connectivity index (χ1) is 8.61. The lowest BCUT2D eigenvalue weighted by Crippen LogP contribution is -2.10. The molecule has 0 unspecified atom stereocenters. The zero-order valence-electron chi connectivity index (χ0n) is 8.88. The van der Waals surface area contributed by atoms with Crippen LogP contribution in [0.1, 0.15) is 11.3 Å². The fourth-order valence-electron chi connectivity index (χ4n) is 1.07. The smallest absolute Gasteiger partial charge is 0.433 e. The minimum absolute atomic E-state index is 0.122. The van der Waals surface area contributed by atoms with Gasteiger partial charge in [0, 0.05) is 11.6 Å². The Morgan fingerprint density at radius 3 is 2.42 bits per heavy atom. The maximum Gasteiger partial charge on any atom is 0.433 e. The number of carbonyl (C=O) groups is 1. The van der Waals surface area contributed by atoms with Gasteiger partial charge < -0.3 is 5.11 Å². The van der Waals surface area contributed by atoms with Gasteiger partial charge in [0.2, 0.25) is 5.78 Å². The van der Waals surface area contributed by atoms with Crippen LogP contribution in [0.4, 0.5) is 22.0 Å². The monoisotopic (exact) mass is 301 g/mol. The molecule has 104 valence electrons. The minimum atomic E-state index is -4.83. The SMILES string of the molecule is O=C(/C=C(\O)c1cc(Cl)nc(C(F)(F)F)c1)C(F)F. The highest BCUT2D eigenvalue weighted by Crippen LogP contribution is 2.30. The molecule has 3 nitrogen and oxygen atoms in total. The van der Waals surface area contributed by atoms with E-state index >= 15 is 0 Å². The summed E-state index contributed by atoms with van der Waals surface area (Å²) in [4.78, 5) is 13.6. The third-order valence-electron chi connectivity index (χ3n) is 1.87. The van der Waals surface area contributed by atoms with Gasteiger partial charge in [0.15, 0.2) is 0 Å². The van der Waals surface area contributed by atoms with E-state index < -0.39 is 40.6 Å². The molecule has 0 amide bonds. The zero-order valence-corrected chi connectivity index (χ0v) is 9.64. The summed E-state index contributed by atoms with van der Waals surface area (Å²) in [5, 5.41) is 8.71. The fourth-order valence-corrected chi connectivity index (χ4v) is 1.28. The molecule has 1 rings (SSSR count). The molecule has 1 N–H and O–H groups in total. The van der Waals surface area contributed by atoms with E-state index in [-0.39, 0.29) is 6.08 Å². The summed E-state index contributed by atoms with van der Waals surface area (Å²) in [6.07, 6.45) is -8.08. The van der Waals surface area contributed by atoms with Crippen molar-refractivity contribution in [3.63, 3.8) is 0 Å². The van der Waals surface area contributed by atoms with E-state index in [1.807, 2.05) is 0 Å². The molecule has 0 saturated heterocycles. The topological polar surface area (TPSA) is 50.2 Å². The summed E-state index contributed by atoms with van der Waals surface area (Å²) in [6, 6.07) is 1.19. The Bertz CT molecular complexity index is 527. The molecule has 0 radical (unpaired) electrons. The van der Waals surface area contributed by atoms with Crippen LogP contribution in [0.5, 0.6) is 0 Å². The molecule has 0 bridgehead atoms. The lowest BCUT2D eigenvalue weighted by Gasteiger charge is -2.08. The van der Waals surface area contributed by atoms with Gasteiger partial charge in [-0.05, 0) is 12.1 Å². The Labute approximate surface area is 108 Å². The molecule has 0 aliphatic heterocycles. The van der Waals surface area contributed by atoms with Crippen molar-refractivity contribution >= 4 is 23.1 Å². The second kappa shape index (κ2) is 5.52. The Hall–Kier alpha value is -1.70. The van der Waals surface area contributed by atoms with Crippen molar-refractivity contribution < 1.29 is 31.9 Å². The molecule has 1 aromatic rings. The van der Waals surface area contributed by atoms with Crippen LogP contribution in [-0.4, -0.2) is 22.3 Å². The molecule has 0 aromatic carbocycles. The lowest BCUT2D eigenvalue weighted by atomic mass is 10.1. The van der Waals surface area contributed by atoms with E-state index in [2.05, 4.69) is 4.98 Å². The molecule has 1 aromatic heterocycles.